The Balaban J connectivity index is 0.790. The molecule has 67 heavy (non-hydrogen) atoms. The summed E-state index contributed by atoms with van der Waals surface area (Å²) in [4.78, 5) is 72.9. The zero-order valence-corrected chi connectivity index (χ0v) is 38.4. The van der Waals surface area contributed by atoms with Crippen LogP contribution in [0.1, 0.15) is 75.1 Å². The van der Waals surface area contributed by atoms with Crippen molar-refractivity contribution in [2.45, 2.75) is 87.6 Å². The van der Waals surface area contributed by atoms with Crippen LogP contribution >= 0.6 is 23.2 Å². The first kappa shape index (κ1) is 43.9. The second kappa shape index (κ2) is 17.8. The summed E-state index contributed by atoms with van der Waals surface area (Å²) in [6.07, 6.45) is 4.08. The van der Waals surface area contributed by atoms with Crippen molar-refractivity contribution >= 4 is 58.0 Å². The predicted molar refractivity (Wildman–Crippen MR) is 248 cm³/mol. The van der Waals surface area contributed by atoms with Gasteiger partial charge in [0.05, 0.1) is 30.6 Å². The Morgan fingerprint density at radius 2 is 1.10 bits per heavy atom. The summed E-state index contributed by atoms with van der Waals surface area (Å²) in [5.74, 6) is 1.43. The Bertz CT molecular complexity index is 2730. The molecule has 4 amide bonds. The maximum absolute atomic E-state index is 14.3. The molecule has 350 valence electrons. The molecule has 3 aromatic carbocycles. The van der Waals surface area contributed by atoms with Crippen LogP contribution in [0.25, 0.3) is 44.4 Å². The van der Waals surface area contributed by atoms with Crippen LogP contribution in [0.15, 0.2) is 60.7 Å². The number of aromatic nitrogens is 4. The van der Waals surface area contributed by atoms with Gasteiger partial charge in [-0.05, 0) is 109 Å². The van der Waals surface area contributed by atoms with Crippen LogP contribution in [-0.2, 0) is 23.8 Å². The Morgan fingerprint density at radius 1 is 0.657 bits per heavy atom. The molecule has 8 atom stereocenters. The molecular formula is C49H52Cl2N8O8. The summed E-state index contributed by atoms with van der Waals surface area (Å²) < 4.78 is 16.0. The molecule has 6 fully saturated rings. The molecule has 11 rings (SSSR count). The largest absolute Gasteiger partial charge is 0.465 e. The van der Waals surface area contributed by atoms with E-state index in [0.29, 0.717) is 97.3 Å². The highest BCUT2D eigenvalue weighted by molar-refractivity contribution is 6.32. The van der Waals surface area contributed by atoms with Gasteiger partial charge in [-0.15, -0.1) is 0 Å². The molecule has 5 N–H and O–H groups in total. The molecule has 0 radical (unpaired) electrons. The van der Waals surface area contributed by atoms with E-state index < -0.39 is 24.3 Å². The van der Waals surface area contributed by atoms with Gasteiger partial charge in [0.15, 0.2) is 10.3 Å². The number of benzene rings is 3. The Labute approximate surface area is 396 Å². The second-order valence-corrected chi connectivity index (χ2v) is 19.7. The first-order valence-electron chi connectivity index (χ1n) is 23.3. The normalized spacial score (nSPS) is 25.6. The van der Waals surface area contributed by atoms with Gasteiger partial charge in [-0.1, -0.05) is 71.7 Å². The van der Waals surface area contributed by atoms with Crippen LogP contribution in [0.4, 0.5) is 9.59 Å². The average molecular weight is 952 g/mol. The molecule has 0 spiro atoms. The first-order valence-corrected chi connectivity index (χ1v) is 24.1. The van der Waals surface area contributed by atoms with E-state index in [1.165, 1.54) is 7.11 Å². The summed E-state index contributed by atoms with van der Waals surface area (Å²) in [5.41, 5.74) is 5.10. The molecule has 5 aromatic rings. The number of imidazole rings is 2. The number of halogens is 2. The zero-order chi connectivity index (χ0) is 46.1. The smallest absolute Gasteiger partial charge is 0.407 e. The van der Waals surface area contributed by atoms with Gasteiger partial charge in [0, 0.05) is 49.6 Å². The average Bonchev–Trinajstić information content (AvgIpc) is 4.06. The number of ether oxygens (including phenoxy) is 3. The van der Waals surface area contributed by atoms with Crippen LogP contribution in [0.2, 0.25) is 10.3 Å². The predicted octanol–water partition coefficient (Wildman–Crippen LogP) is 8.13. The van der Waals surface area contributed by atoms with E-state index in [2.05, 4.69) is 50.9 Å². The summed E-state index contributed by atoms with van der Waals surface area (Å²) in [6, 6.07) is 18.5. The van der Waals surface area contributed by atoms with Crippen molar-refractivity contribution in [2.24, 2.45) is 23.7 Å². The summed E-state index contributed by atoms with van der Waals surface area (Å²) in [5, 5.41) is 17.7. The molecule has 2 aliphatic carbocycles. The van der Waals surface area contributed by atoms with Crippen LogP contribution < -0.4 is 10.6 Å². The molecule has 6 heterocycles. The number of H-pyrrole nitrogens is 2. The number of nitrogens with one attached hydrogen (secondary N) is 4. The topological polar surface area (TPSA) is 204 Å². The number of nitrogens with zero attached hydrogens (tertiary/aromatic N) is 4. The van der Waals surface area contributed by atoms with Gasteiger partial charge in [-0.25, -0.2) is 19.6 Å². The fraction of sp³-hybridized carbons (Fsp3) is 0.469. The lowest BCUT2D eigenvalue weighted by atomic mass is 9.90. The molecule has 16 nitrogen and oxygen atoms in total. The molecule has 4 aliphatic heterocycles. The number of piperidine rings is 2. The van der Waals surface area contributed by atoms with Crippen molar-refractivity contribution < 1.29 is 38.5 Å². The monoisotopic (exact) mass is 950 g/mol. The van der Waals surface area contributed by atoms with E-state index in [4.69, 9.17) is 47.4 Å². The number of hydrogen-bond donors (Lipinski definition) is 5. The highest BCUT2D eigenvalue weighted by Gasteiger charge is 2.58. The van der Waals surface area contributed by atoms with Crippen LogP contribution in [-0.4, -0.2) is 117 Å². The van der Waals surface area contributed by atoms with Crippen molar-refractivity contribution in [1.29, 1.82) is 0 Å². The zero-order valence-electron chi connectivity index (χ0n) is 36.9. The molecule has 2 saturated carbocycles. The van der Waals surface area contributed by atoms with Crippen LogP contribution in [0.5, 0.6) is 0 Å². The summed E-state index contributed by atoms with van der Waals surface area (Å²) in [7, 11) is 1.30. The number of aromatic amines is 2. The lowest BCUT2D eigenvalue weighted by molar-refractivity contribution is -0.138. The quantitative estimate of drug-likeness (QED) is 0.0860. The molecule has 2 aromatic heterocycles. The van der Waals surface area contributed by atoms with E-state index >= 15 is 0 Å². The number of carbonyl (C=O) groups is 4. The molecular weight excluding hydrogens is 899 g/mol. The lowest BCUT2D eigenvalue weighted by Crippen LogP contribution is -2.54. The van der Waals surface area contributed by atoms with Crippen molar-refractivity contribution in [1.82, 2.24) is 40.4 Å². The highest BCUT2D eigenvalue weighted by Crippen LogP contribution is 2.55. The van der Waals surface area contributed by atoms with E-state index in [1.54, 1.807) is 0 Å². The maximum Gasteiger partial charge on any atom is 0.407 e. The molecule has 4 saturated heterocycles. The number of fused-ring (bicyclic) bond motifs is 3. The molecule has 2 unspecified atom stereocenters. The van der Waals surface area contributed by atoms with E-state index in [1.807, 2.05) is 40.1 Å². The van der Waals surface area contributed by atoms with Gasteiger partial charge < -0.3 is 49.7 Å². The van der Waals surface area contributed by atoms with Gasteiger partial charge in [-0.3, -0.25) is 9.59 Å². The van der Waals surface area contributed by atoms with Gasteiger partial charge in [-0.2, -0.15) is 0 Å². The highest BCUT2D eigenvalue weighted by atomic mass is 35.5. The van der Waals surface area contributed by atoms with Crippen molar-refractivity contribution in [3.63, 3.8) is 0 Å². The molecule has 0 bridgehead atoms. The summed E-state index contributed by atoms with van der Waals surface area (Å²) in [6.45, 7) is 2.08. The number of hydrogen-bond acceptors (Lipinski definition) is 9. The lowest BCUT2D eigenvalue weighted by Gasteiger charge is -2.35. The van der Waals surface area contributed by atoms with Crippen molar-refractivity contribution in [2.75, 3.05) is 33.5 Å². The van der Waals surface area contributed by atoms with Crippen LogP contribution in [0, 0.1) is 23.7 Å². The number of alkyl carbamates (subject to hydrolysis) is 1. The minimum atomic E-state index is -1.21. The molecule has 6 aliphatic rings. The minimum absolute atomic E-state index is 0.0591. The number of amides is 4. The minimum Gasteiger partial charge on any atom is -0.465 e. The summed E-state index contributed by atoms with van der Waals surface area (Å²) >= 11 is 13.6. The van der Waals surface area contributed by atoms with E-state index in [0.717, 1.165) is 58.7 Å². The van der Waals surface area contributed by atoms with Gasteiger partial charge in [0.2, 0.25) is 11.8 Å². The Kier molecular flexibility index (Phi) is 11.6. The third kappa shape index (κ3) is 8.40. The SMILES string of the molecule is COC(=O)NC(C(=O)N1[C@@H]2C[C@@H]2C[C@H]1c1nc(Cl)c(-c2ccc3cc(-c4ccc(-c5[nH]c([C@@H]6C[C@H]7C[C@H]7N6C(=O)C(NC(=O)O)C6CCOCC6)nc5Cl)cc4)ccc3c2)[nH]1)C1CCOCC1. The fourth-order valence-corrected chi connectivity index (χ4v) is 11.9. The van der Waals surface area contributed by atoms with Gasteiger partial charge >= 0.3 is 12.2 Å². The van der Waals surface area contributed by atoms with E-state index in [-0.39, 0.29) is 47.8 Å². The number of carbonyl (C=O) groups excluding carboxylic acids is 3. The number of methoxy groups -OCH3 is 1. The third-order valence-corrected chi connectivity index (χ3v) is 15.6. The standard InChI is InChI=1S/C49H52Cl2N8O8/c1-65-49(64)55-41(27-12-16-67-17-13-27)47(61)59-35-21-33(35)23-37(59)45-53-39(43(51)57-45)31-9-8-29-18-28(6-7-30(29)19-31)24-2-4-25(5-3-24)38-42(50)56-44(52-38)36-22-32-20-34(32)58(36)46(60)40(54-48(62)63)26-10-14-66-15-11-26/h2-9,18-19,26-27,32-37,40-41,54H,10-17,20-23H2,1H3,(H,52,56)(H,53,57)(H,55,64)(H,62,63)/t32-,33-,34-,35-,36+,37+,40?,41?/m1/s1. The van der Waals surface area contributed by atoms with Gasteiger partial charge in [0.25, 0.3) is 0 Å². The fourth-order valence-electron chi connectivity index (χ4n) is 11.4. The first-order chi connectivity index (χ1) is 32.5. The number of rotatable bonds is 11. The number of carboxylic acid groups (broad SMARTS) is 1. The maximum atomic E-state index is 14.3. The van der Waals surface area contributed by atoms with Crippen LogP contribution in [0.3, 0.4) is 0 Å². The van der Waals surface area contributed by atoms with E-state index in [9.17, 15) is 24.3 Å². The third-order valence-electron chi connectivity index (χ3n) is 15.1. The Hall–Kier alpha value is -5.68. The Morgan fingerprint density at radius 3 is 1.61 bits per heavy atom. The van der Waals surface area contributed by atoms with Gasteiger partial charge in [0.1, 0.15) is 23.7 Å². The molecule has 18 heteroatoms. The second-order valence-electron chi connectivity index (χ2n) is 19.0. The van der Waals surface area contributed by atoms with Crippen molar-refractivity contribution in [3.05, 3.63) is 82.6 Å². The van der Waals surface area contributed by atoms with Crippen molar-refractivity contribution in [3.8, 4) is 33.6 Å². The number of likely N-dealkylation sites (tertiary alicyclic amines) is 2.